The molecule has 2 heterocycles. The molecule has 0 radical (unpaired) electrons. The quantitative estimate of drug-likeness (QED) is 0.613. The third-order valence-corrected chi connectivity index (χ3v) is 2.58. The molecule has 0 aliphatic carbocycles. The van der Waals surface area contributed by atoms with Crippen LogP contribution in [0.5, 0.6) is 0 Å². The van der Waals surface area contributed by atoms with Gasteiger partial charge in [0.05, 0.1) is 15.9 Å². The molecule has 0 atom stereocenters. The lowest BCUT2D eigenvalue weighted by molar-refractivity contribution is 0.971. The third kappa shape index (κ3) is 0.580. The van der Waals surface area contributed by atoms with Gasteiger partial charge in [0.25, 0.3) is 0 Å². The van der Waals surface area contributed by atoms with Crippen molar-refractivity contribution in [1.82, 2.24) is 4.57 Å². The van der Waals surface area contributed by atoms with Gasteiger partial charge in [-0.25, -0.2) is 0 Å². The van der Waals surface area contributed by atoms with Crippen molar-refractivity contribution < 1.29 is 0 Å². The molecule has 0 saturated heterocycles. The molecular weight excluding hydrogens is 144 g/mol. The molecule has 0 amide bonds. The van der Waals surface area contributed by atoms with E-state index in [2.05, 4.69) is 6.07 Å². The second kappa shape index (κ2) is 1.76. The van der Waals surface area contributed by atoms with E-state index in [0.29, 0.717) is 0 Å². The van der Waals surface area contributed by atoms with Crippen molar-refractivity contribution in [3.63, 3.8) is 0 Å². The number of nitrogens with two attached hydrogens (primary N) is 1. The van der Waals surface area contributed by atoms with Gasteiger partial charge >= 0.3 is 0 Å². The Morgan fingerprint density at radius 2 is 2.40 bits per heavy atom. The third-order valence-electron chi connectivity index (χ3n) is 1.62. The predicted octanol–water partition coefficient (Wildman–Crippen LogP) is 1.82. The number of aromatic nitrogens is 1. The first-order chi connectivity index (χ1) is 4.79. The summed E-state index contributed by atoms with van der Waals surface area (Å²) < 4.78 is 3.31. The van der Waals surface area contributed by atoms with Crippen LogP contribution in [-0.4, -0.2) is 4.57 Å². The smallest absolute Gasteiger partial charge is 0.0820 e. The average Bonchev–Trinajstić information content (AvgIpc) is 2.40. The molecule has 2 N–H and O–H groups in total. The molecule has 0 bridgehead atoms. The Kier molecular flexibility index (Phi) is 1.02. The fourth-order valence-corrected chi connectivity index (χ4v) is 2.01. The number of hydrogen-bond acceptors (Lipinski definition) is 2. The average molecular weight is 152 g/mol. The Morgan fingerprint density at radius 3 is 3.10 bits per heavy atom. The fraction of sp³-hybridized carbons (Fsp3) is 0.143. The van der Waals surface area contributed by atoms with Gasteiger partial charge in [0, 0.05) is 18.6 Å². The molecule has 0 fully saturated rings. The van der Waals surface area contributed by atoms with Crippen molar-refractivity contribution in [2.45, 2.75) is 0 Å². The summed E-state index contributed by atoms with van der Waals surface area (Å²) >= 11 is 1.69. The van der Waals surface area contributed by atoms with E-state index >= 15 is 0 Å². The van der Waals surface area contributed by atoms with E-state index < -0.39 is 0 Å². The standard InChI is InChI=1S/C7H8N2S/c1-9-3-2-6-7(9)5(8)4-10-6/h2-4H,8H2,1H3. The number of thiophene rings is 1. The van der Waals surface area contributed by atoms with Crippen LogP contribution >= 0.6 is 11.3 Å². The Bertz CT molecular complexity index is 327. The number of aryl methyl sites for hydroxylation is 1. The van der Waals surface area contributed by atoms with Gasteiger partial charge in [-0.1, -0.05) is 0 Å². The van der Waals surface area contributed by atoms with Gasteiger partial charge in [-0.2, -0.15) is 0 Å². The molecule has 0 aromatic carbocycles. The van der Waals surface area contributed by atoms with E-state index in [0.717, 1.165) is 11.2 Å². The molecule has 0 saturated carbocycles. The highest BCUT2D eigenvalue weighted by atomic mass is 32.1. The highest BCUT2D eigenvalue weighted by Gasteiger charge is 2.02. The lowest BCUT2D eigenvalue weighted by Crippen LogP contribution is -1.87. The predicted molar refractivity (Wildman–Crippen MR) is 45.2 cm³/mol. The van der Waals surface area contributed by atoms with Crippen LogP contribution < -0.4 is 5.73 Å². The van der Waals surface area contributed by atoms with Crippen LogP contribution in [-0.2, 0) is 7.05 Å². The van der Waals surface area contributed by atoms with Crippen LogP contribution in [0.25, 0.3) is 10.2 Å². The van der Waals surface area contributed by atoms with Crippen molar-refractivity contribution >= 4 is 27.2 Å². The van der Waals surface area contributed by atoms with E-state index in [4.69, 9.17) is 5.73 Å². The van der Waals surface area contributed by atoms with Crippen LogP contribution in [0.2, 0.25) is 0 Å². The van der Waals surface area contributed by atoms with Crippen molar-refractivity contribution in [1.29, 1.82) is 0 Å². The number of rotatable bonds is 0. The normalized spacial score (nSPS) is 10.9. The minimum Gasteiger partial charge on any atom is -0.396 e. The van der Waals surface area contributed by atoms with Gasteiger partial charge in [-0.15, -0.1) is 11.3 Å². The summed E-state index contributed by atoms with van der Waals surface area (Å²) in [6.45, 7) is 0. The van der Waals surface area contributed by atoms with Crippen LogP contribution in [0.3, 0.4) is 0 Å². The summed E-state index contributed by atoms with van der Waals surface area (Å²) in [7, 11) is 2.01. The van der Waals surface area contributed by atoms with Gasteiger partial charge in [0.1, 0.15) is 0 Å². The van der Waals surface area contributed by atoms with Gasteiger partial charge in [-0.3, -0.25) is 0 Å². The highest BCUT2D eigenvalue weighted by molar-refractivity contribution is 7.17. The molecule has 0 aliphatic heterocycles. The first-order valence-electron chi connectivity index (χ1n) is 3.07. The molecule has 3 heteroatoms. The number of nitrogens with zero attached hydrogens (tertiary/aromatic N) is 1. The zero-order valence-electron chi connectivity index (χ0n) is 5.66. The SMILES string of the molecule is Cn1ccc2scc(N)c21. The Balaban J connectivity index is 2.98. The lowest BCUT2D eigenvalue weighted by Gasteiger charge is -1.91. The fourth-order valence-electron chi connectivity index (χ4n) is 1.13. The molecule has 0 spiro atoms. The summed E-state index contributed by atoms with van der Waals surface area (Å²) in [6.07, 6.45) is 2.03. The molecule has 0 aliphatic rings. The van der Waals surface area contributed by atoms with E-state index in [1.165, 1.54) is 4.70 Å². The van der Waals surface area contributed by atoms with E-state index in [-0.39, 0.29) is 0 Å². The Hall–Kier alpha value is -0.960. The van der Waals surface area contributed by atoms with E-state index in [9.17, 15) is 0 Å². The summed E-state index contributed by atoms with van der Waals surface area (Å²) in [5, 5.41) is 1.98. The number of hydrogen-bond donors (Lipinski definition) is 1. The molecule has 10 heavy (non-hydrogen) atoms. The van der Waals surface area contributed by atoms with Crippen molar-refractivity contribution in [2.24, 2.45) is 7.05 Å². The van der Waals surface area contributed by atoms with Crippen LogP contribution in [0.15, 0.2) is 17.6 Å². The summed E-state index contributed by atoms with van der Waals surface area (Å²) in [4.78, 5) is 0. The zero-order valence-corrected chi connectivity index (χ0v) is 6.48. The number of fused-ring (bicyclic) bond motifs is 1. The Morgan fingerprint density at radius 1 is 1.60 bits per heavy atom. The van der Waals surface area contributed by atoms with Crippen molar-refractivity contribution in [2.75, 3.05) is 5.73 Å². The monoisotopic (exact) mass is 152 g/mol. The summed E-state index contributed by atoms with van der Waals surface area (Å²) in [5.41, 5.74) is 7.75. The maximum atomic E-state index is 5.71. The van der Waals surface area contributed by atoms with Gasteiger partial charge in [0.15, 0.2) is 0 Å². The summed E-state index contributed by atoms with van der Waals surface area (Å²) in [6, 6.07) is 2.08. The van der Waals surface area contributed by atoms with Crippen LogP contribution in [0.4, 0.5) is 5.69 Å². The van der Waals surface area contributed by atoms with Gasteiger partial charge < -0.3 is 10.3 Å². The van der Waals surface area contributed by atoms with Gasteiger partial charge in [-0.05, 0) is 6.07 Å². The molecule has 52 valence electrons. The van der Waals surface area contributed by atoms with E-state index in [1.54, 1.807) is 11.3 Å². The van der Waals surface area contributed by atoms with Crippen molar-refractivity contribution in [3.8, 4) is 0 Å². The number of nitrogen functional groups attached to an aromatic ring is 1. The topological polar surface area (TPSA) is 30.9 Å². The first-order valence-corrected chi connectivity index (χ1v) is 3.95. The molecule has 2 nitrogen and oxygen atoms in total. The molecule has 0 unspecified atom stereocenters. The molecule has 2 rings (SSSR count). The Labute approximate surface area is 62.9 Å². The number of anilines is 1. The van der Waals surface area contributed by atoms with Gasteiger partial charge in [0.2, 0.25) is 0 Å². The van der Waals surface area contributed by atoms with Crippen LogP contribution in [0, 0.1) is 0 Å². The molecule has 2 aromatic rings. The maximum Gasteiger partial charge on any atom is 0.0820 e. The zero-order chi connectivity index (χ0) is 7.14. The largest absolute Gasteiger partial charge is 0.396 e. The highest BCUT2D eigenvalue weighted by Crippen LogP contribution is 2.27. The minimum atomic E-state index is 0.882. The first kappa shape index (κ1) is 5.80. The van der Waals surface area contributed by atoms with E-state index in [1.807, 2.05) is 23.2 Å². The maximum absolute atomic E-state index is 5.71. The van der Waals surface area contributed by atoms with Crippen molar-refractivity contribution in [3.05, 3.63) is 17.6 Å². The molecule has 2 aromatic heterocycles. The summed E-state index contributed by atoms with van der Waals surface area (Å²) in [5.74, 6) is 0. The minimum absolute atomic E-state index is 0.882. The molecular formula is C7H8N2S. The second-order valence-corrected chi connectivity index (χ2v) is 3.24. The van der Waals surface area contributed by atoms with Crippen LogP contribution in [0.1, 0.15) is 0 Å². The second-order valence-electron chi connectivity index (χ2n) is 2.33. The lowest BCUT2D eigenvalue weighted by atomic mass is 10.4.